The minimum Gasteiger partial charge on any atom is -0.295 e. The lowest BCUT2D eigenvalue weighted by molar-refractivity contribution is -0.112. The van der Waals surface area contributed by atoms with Gasteiger partial charge in [-0.2, -0.15) is 0 Å². The van der Waals surface area contributed by atoms with Crippen molar-refractivity contribution >= 4 is 62.8 Å². The summed E-state index contributed by atoms with van der Waals surface area (Å²) in [6, 6.07) is 11.7. The molecule has 0 saturated carbocycles. The highest BCUT2D eigenvalue weighted by Crippen LogP contribution is 2.39. The Labute approximate surface area is 146 Å². The molecule has 0 aliphatic heterocycles. The van der Waals surface area contributed by atoms with Crippen molar-refractivity contribution in [3.05, 3.63) is 62.6 Å². The number of carbonyl (C=O) groups is 1. The summed E-state index contributed by atoms with van der Waals surface area (Å²) in [4.78, 5) is 12.9. The molecule has 0 aromatic heterocycles. The number of halogens is 3. The van der Waals surface area contributed by atoms with Crippen LogP contribution in [0.25, 0.3) is 6.08 Å². The molecule has 2 aromatic carbocycles. The van der Waals surface area contributed by atoms with Crippen LogP contribution in [0.3, 0.4) is 0 Å². The van der Waals surface area contributed by atoms with Crippen molar-refractivity contribution in [3.63, 3.8) is 0 Å². The quantitative estimate of drug-likeness (QED) is 0.543. The number of carbonyl (C=O) groups excluding carboxylic acids is 1. The van der Waals surface area contributed by atoms with Crippen LogP contribution in [0.1, 0.15) is 12.5 Å². The Morgan fingerprint density at radius 3 is 2.62 bits per heavy atom. The van der Waals surface area contributed by atoms with Gasteiger partial charge in [-0.25, -0.2) is 0 Å². The molecular weight excluding hydrogens is 391 g/mol. The number of benzene rings is 2. The van der Waals surface area contributed by atoms with Crippen LogP contribution in [-0.2, 0) is 4.79 Å². The molecule has 0 heterocycles. The summed E-state index contributed by atoms with van der Waals surface area (Å²) in [5.41, 5.74) is 0.732. The predicted molar refractivity (Wildman–Crippen MR) is 94.4 cm³/mol. The standard InChI is InChI=1S/C16H11BrCl2OS/c1-10(20)5-6-11-7-8-14(16(19)15(11)18)21-13-4-2-3-12(17)9-13/h2-9H,1H3/b6-5+. The predicted octanol–water partition coefficient (Wildman–Crippen LogP) is 6.51. The second-order valence-electron chi connectivity index (χ2n) is 4.28. The van der Waals surface area contributed by atoms with Gasteiger partial charge in [-0.1, -0.05) is 63.0 Å². The van der Waals surface area contributed by atoms with Gasteiger partial charge in [0.2, 0.25) is 0 Å². The zero-order chi connectivity index (χ0) is 15.4. The smallest absolute Gasteiger partial charge is 0.152 e. The normalized spacial score (nSPS) is 11.0. The van der Waals surface area contributed by atoms with Gasteiger partial charge in [-0.05, 0) is 48.9 Å². The molecule has 21 heavy (non-hydrogen) atoms. The highest BCUT2D eigenvalue weighted by Gasteiger charge is 2.10. The van der Waals surface area contributed by atoms with Gasteiger partial charge < -0.3 is 0 Å². The van der Waals surface area contributed by atoms with Gasteiger partial charge in [0, 0.05) is 14.3 Å². The van der Waals surface area contributed by atoms with Crippen molar-refractivity contribution in [3.8, 4) is 0 Å². The van der Waals surface area contributed by atoms with E-state index in [0.29, 0.717) is 10.0 Å². The fraction of sp³-hybridized carbons (Fsp3) is 0.0625. The van der Waals surface area contributed by atoms with E-state index in [2.05, 4.69) is 15.9 Å². The average molecular weight is 402 g/mol. The summed E-state index contributed by atoms with van der Waals surface area (Å²) < 4.78 is 1.01. The molecule has 0 unspecified atom stereocenters. The Morgan fingerprint density at radius 2 is 1.95 bits per heavy atom. The molecule has 0 bridgehead atoms. The number of ketones is 1. The third kappa shape index (κ3) is 4.62. The summed E-state index contributed by atoms with van der Waals surface area (Å²) in [5, 5.41) is 0.946. The minimum absolute atomic E-state index is 0.0326. The first-order valence-electron chi connectivity index (χ1n) is 6.07. The van der Waals surface area contributed by atoms with Crippen LogP contribution in [0.4, 0.5) is 0 Å². The van der Waals surface area contributed by atoms with E-state index in [9.17, 15) is 4.79 Å². The van der Waals surface area contributed by atoms with Gasteiger partial charge >= 0.3 is 0 Å². The lowest BCUT2D eigenvalue weighted by Gasteiger charge is -2.08. The number of rotatable bonds is 4. The molecule has 0 spiro atoms. The maximum atomic E-state index is 11.0. The van der Waals surface area contributed by atoms with E-state index in [1.165, 1.54) is 24.8 Å². The highest BCUT2D eigenvalue weighted by molar-refractivity contribution is 9.10. The second-order valence-corrected chi connectivity index (χ2v) is 7.07. The van der Waals surface area contributed by atoms with Gasteiger partial charge in [0.25, 0.3) is 0 Å². The lowest BCUT2D eigenvalue weighted by atomic mass is 10.2. The first-order chi connectivity index (χ1) is 9.97. The van der Waals surface area contributed by atoms with Crippen molar-refractivity contribution in [2.24, 2.45) is 0 Å². The third-order valence-corrected chi connectivity index (χ3v) is 5.15. The van der Waals surface area contributed by atoms with Crippen LogP contribution in [0.5, 0.6) is 0 Å². The van der Waals surface area contributed by atoms with Crippen LogP contribution >= 0.6 is 50.9 Å². The molecule has 0 radical (unpaired) electrons. The molecule has 1 nitrogen and oxygen atoms in total. The fourth-order valence-corrected chi connectivity index (χ4v) is 3.66. The van der Waals surface area contributed by atoms with E-state index < -0.39 is 0 Å². The van der Waals surface area contributed by atoms with E-state index >= 15 is 0 Å². The Morgan fingerprint density at radius 1 is 1.19 bits per heavy atom. The average Bonchev–Trinajstić information content (AvgIpc) is 2.43. The van der Waals surface area contributed by atoms with Crippen molar-refractivity contribution < 1.29 is 4.79 Å². The molecule has 2 rings (SSSR count). The zero-order valence-electron chi connectivity index (χ0n) is 11.1. The first kappa shape index (κ1) is 16.6. The topological polar surface area (TPSA) is 17.1 Å². The molecule has 0 aliphatic carbocycles. The molecule has 5 heteroatoms. The van der Waals surface area contributed by atoms with E-state index in [4.69, 9.17) is 23.2 Å². The molecule has 0 saturated heterocycles. The van der Waals surface area contributed by atoms with Crippen molar-refractivity contribution in [2.75, 3.05) is 0 Å². The molecule has 0 aliphatic rings. The summed E-state index contributed by atoms with van der Waals surface area (Å²) in [5.74, 6) is -0.0326. The van der Waals surface area contributed by atoms with E-state index in [1.54, 1.807) is 6.08 Å². The van der Waals surface area contributed by atoms with Gasteiger partial charge in [0.15, 0.2) is 5.78 Å². The maximum Gasteiger partial charge on any atom is 0.152 e. The molecular formula is C16H11BrCl2OS. The molecule has 108 valence electrons. The second kappa shape index (κ2) is 7.50. The number of hydrogen-bond donors (Lipinski definition) is 0. The summed E-state index contributed by atoms with van der Waals surface area (Å²) in [7, 11) is 0. The molecule has 2 aromatic rings. The highest BCUT2D eigenvalue weighted by atomic mass is 79.9. The molecule has 0 N–H and O–H groups in total. The van der Waals surface area contributed by atoms with E-state index in [0.717, 1.165) is 19.8 Å². The SMILES string of the molecule is CC(=O)/C=C/c1ccc(Sc2cccc(Br)c2)c(Cl)c1Cl. The van der Waals surface area contributed by atoms with E-state index in [-0.39, 0.29) is 5.78 Å². The Kier molecular flexibility index (Phi) is 5.94. The van der Waals surface area contributed by atoms with Gasteiger partial charge in [0.05, 0.1) is 10.0 Å². The van der Waals surface area contributed by atoms with Gasteiger partial charge in [-0.3, -0.25) is 4.79 Å². The maximum absolute atomic E-state index is 11.0. The van der Waals surface area contributed by atoms with Crippen molar-refractivity contribution in [2.45, 2.75) is 16.7 Å². The Hall–Kier alpha value is -0.740. The van der Waals surface area contributed by atoms with Crippen molar-refractivity contribution in [1.82, 2.24) is 0 Å². The van der Waals surface area contributed by atoms with Gasteiger partial charge in [0.1, 0.15) is 0 Å². The minimum atomic E-state index is -0.0326. The summed E-state index contributed by atoms with van der Waals surface area (Å²) in [6.07, 6.45) is 3.14. The van der Waals surface area contributed by atoms with Crippen LogP contribution < -0.4 is 0 Å². The largest absolute Gasteiger partial charge is 0.295 e. The summed E-state index contributed by atoms with van der Waals surface area (Å²) >= 11 is 17.6. The fourth-order valence-electron chi connectivity index (χ4n) is 1.62. The molecule has 0 fully saturated rings. The zero-order valence-corrected chi connectivity index (χ0v) is 15.0. The monoisotopic (exact) mass is 400 g/mol. The summed E-state index contributed by atoms with van der Waals surface area (Å²) in [6.45, 7) is 1.49. The first-order valence-corrected chi connectivity index (χ1v) is 8.44. The van der Waals surface area contributed by atoms with Gasteiger partial charge in [-0.15, -0.1) is 0 Å². The van der Waals surface area contributed by atoms with Crippen LogP contribution in [0.2, 0.25) is 10.0 Å². The van der Waals surface area contributed by atoms with Crippen molar-refractivity contribution in [1.29, 1.82) is 0 Å². The van der Waals surface area contributed by atoms with Crippen LogP contribution in [-0.4, -0.2) is 5.78 Å². The lowest BCUT2D eigenvalue weighted by Crippen LogP contribution is -1.84. The Balaban J connectivity index is 2.30. The molecule has 0 amide bonds. The van der Waals surface area contributed by atoms with Crippen LogP contribution in [0.15, 0.2) is 56.7 Å². The molecule has 0 atom stereocenters. The van der Waals surface area contributed by atoms with Crippen LogP contribution in [0, 0.1) is 0 Å². The number of allylic oxidation sites excluding steroid dienone is 1. The number of hydrogen-bond acceptors (Lipinski definition) is 2. The Bertz CT molecular complexity index is 713. The van der Waals surface area contributed by atoms with E-state index in [1.807, 2.05) is 36.4 Å². The third-order valence-electron chi connectivity index (χ3n) is 2.60.